The van der Waals surface area contributed by atoms with Gasteiger partial charge in [-0.25, -0.2) is 23.1 Å². The molecule has 1 amide bonds. The molecule has 1 fully saturated rings. The van der Waals surface area contributed by atoms with Crippen molar-refractivity contribution in [3.8, 4) is 5.88 Å². The Labute approximate surface area is 205 Å². The van der Waals surface area contributed by atoms with Crippen LogP contribution in [0.5, 0.6) is 5.88 Å². The summed E-state index contributed by atoms with van der Waals surface area (Å²) in [5.74, 6) is -6.05. The molecular formula is C24H19F5N4O4. The van der Waals surface area contributed by atoms with E-state index in [4.69, 9.17) is 14.6 Å². The molecule has 37 heavy (non-hydrogen) atoms. The summed E-state index contributed by atoms with van der Waals surface area (Å²) in [4.78, 5) is 27.6. The molecule has 8 nitrogen and oxygen atoms in total. The third-order valence-electron chi connectivity index (χ3n) is 5.59. The SMILES string of the molecule is O=C(O)C(F)(F)F.O=C(c1cnn2ccccc12)N1CCC(F)(F)C(Oc2ccc3ccccc3n2)C1. The Hall–Kier alpha value is -4.29. The molecule has 1 saturated heterocycles. The van der Waals surface area contributed by atoms with Crippen LogP contribution >= 0.6 is 0 Å². The summed E-state index contributed by atoms with van der Waals surface area (Å²) in [5.41, 5.74) is 1.67. The summed E-state index contributed by atoms with van der Waals surface area (Å²) in [5, 5.41) is 12.2. The molecule has 0 bridgehead atoms. The quantitative estimate of drug-likeness (QED) is 0.400. The molecule has 13 heteroatoms. The Morgan fingerprint density at radius 2 is 1.76 bits per heavy atom. The molecule has 194 valence electrons. The number of hydrogen-bond acceptors (Lipinski definition) is 5. The van der Waals surface area contributed by atoms with Gasteiger partial charge in [-0.3, -0.25) is 4.79 Å². The first-order valence-electron chi connectivity index (χ1n) is 10.9. The van der Waals surface area contributed by atoms with Gasteiger partial charge in [-0.2, -0.15) is 18.3 Å². The number of hydrogen-bond donors (Lipinski definition) is 1. The van der Waals surface area contributed by atoms with Gasteiger partial charge in [0.15, 0.2) is 6.10 Å². The van der Waals surface area contributed by atoms with Gasteiger partial charge < -0.3 is 14.7 Å². The number of carbonyl (C=O) groups is 2. The summed E-state index contributed by atoms with van der Waals surface area (Å²) >= 11 is 0. The molecule has 5 rings (SSSR count). The maximum Gasteiger partial charge on any atom is 0.490 e. The highest BCUT2D eigenvalue weighted by atomic mass is 19.4. The van der Waals surface area contributed by atoms with Gasteiger partial charge in [-0.1, -0.05) is 24.3 Å². The summed E-state index contributed by atoms with van der Waals surface area (Å²) in [7, 11) is 0. The normalized spacial score (nSPS) is 17.2. The van der Waals surface area contributed by atoms with Crippen molar-refractivity contribution in [2.45, 2.75) is 24.6 Å². The van der Waals surface area contributed by atoms with Crippen molar-refractivity contribution < 1.29 is 41.4 Å². The number of likely N-dealkylation sites (tertiary alicyclic amines) is 1. The number of pyridine rings is 2. The van der Waals surface area contributed by atoms with Gasteiger partial charge in [0.05, 0.1) is 29.3 Å². The molecule has 1 aliphatic heterocycles. The first-order valence-corrected chi connectivity index (χ1v) is 10.9. The van der Waals surface area contributed by atoms with Crippen molar-refractivity contribution >= 4 is 28.3 Å². The molecule has 3 aromatic heterocycles. The molecule has 1 unspecified atom stereocenters. The molecule has 0 saturated carbocycles. The Bertz CT molecular complexity index is 1440. The molecule has 0 radical (unpaired) electrons. The summed E-state index contributed by atoms with van der Waals surface area (Å²) in [6.45, 7) is -0.286. The van der Waals surface area contributed by atoms with Crippen LogP contribution in [0.2, 0.25) is 0 Å². The number of carboxylic acids is 1. The van der Waals surface area contributed by atoms with E-state index in [0.717, 1.165) is 5.39 Å². The lowest BCUT2D eigenvalue weighted by Gasteiger charge is -2.37. The predicted molar refractivity (Wildman–Crippen MR) is 121 cm³/mol. The number of nitrogens with zero attached hydrogens (tertiary/aromatic N) is 4. The number of piperidine rings is 1. The third kappa shape index (κ3) is 5.76. The van der Waals surface area contributed by atoms with Gasteiger partial charge in [0.2, 0.25) is 5.88 Å². The molecule has 1 aromatic carbocycles. The van der Waals surface area contributed by atoms with E-state index in [0.29, 0.717) is 16.6 Å². The van der Waals surface area contributed by atoms with Crippen molar-refractivity contribution in [3.05, 3.63) is 72.6 Å². The number of halogens is 5. The smallest absolute Gasteiger partial charge is 0.475 e. The largest absolute Gasteiger partial charge is 0.490 e. The van der Waals surface area contributed by atoms with Gasteiger partial charge in [-0.05, 0) is 24.3 Å². The molecule has 0 aliphatic carbocycles. The van der Waals surface area contributed by atoms with Crippen LogP contribution in [0.1, 0.15) is 16.8 Å². The number of amides is 1. The minimum Gasteiger partial charge on any atom is -0.475 e. The van der Waals surface area contributed by atoms with Crippen LogP contribution in [-0.4, -0.2) is 67.8 Å². The fourth-order valence-corrected chi connectivity index (χ4v) is 3.71. The summed E-state index contributed by atoms with van der Waals surface area (Å²) < 4.78 is 68.1. The number of para-hydroxylation sites is 1. The zero-order valence-corrected chi connectivity index (χ0v) is 18.9. The second-order valence-corrected chi connectivity index (χ2v) is 8.10. The third-order valence-corrected chi connectivity index (χ3v) is 5.59. The zero-order valence-electron chi connectivity index (χ0n) is 18.9. The minimum absolute atomic E-state index is 0.0545. The van der Waals surface area contributed by atoms with Crippen LogP contribution in [0.15, 0.2) is 67.0 Å². The van der Waals surface area contributed by atoms with Crippen LogP contribution < -0.4 is 4.74 Å². The first kappa shape index (κ1) is 25.8. The second-order valence-electron chi connectivity index (χ2n) is 8.10. The lowest BCUT2D eigenvalue weighted by molar-refractivity contribution is -0.192. The molecule has 1 aliphatic rings. The lowest BCUT2D eigenvalue weighted by atomic mass is 10.0. The molecule has 1 N–H and O–H groups in total. The fraction of sp³-hybridized carbons (Fsp3) is 0.250. The molecule has 1 atom stereocenters. The highest BCUT2D eigenvalue weighted by molar-refractivity contribution is 6.00. The lowest BCUT2D eigenvalue weighted by Crippen LogP contribution is -2.55. The van der Waals surface area contributed by atoms with Gasteiger partial charge in [0.1, 0.15) is 0 Å². The monoisotopic (exact) mass is 522 g/mol. The average molecular weight is 522 g/mol. The number of carboxylic acid groups (broad SMARTS) is 1. The number of ether oxygens (including phenoxy) is 1. The van der Waals surface area contributed by atoms with Gasteiger partial charge in [0, 0.05) is 30.6 Å². The van der Waals surface area contributed by atoms with Gasteiger partial charge in [-0.15, -0.1) is 0 Å². The number of aliphatic carboxylic acids is 1. The van der Waals surface area contributed by atoms with Crippen LogP contribution in [-0.2, 0) is 4.79 Å². The predicted octanol–water partition coefficient (Wildman–Crippen LogP) is 4.44. The Morgan fingerprint density at radius 3 is 2.49 bits per heavy atom. The molecule has 4 aromatic rings. The highest BCUT2D eigenvalue weighted by Crippen LogP contribution is 2.32. The topological polar surface area (TPSA) is 97.0 Å². The van der Waals surface area contributed by atoms with E-state index in [-0.39, 0.29) is 24.9 Å². The number of aromatic nitrogens is 3. The van der Waals surface area contributed by atoms with Crippen LogP contribution in [0.3, 0.4) is 0 Å². The summed E-state index contributed by atoms with van der Waals surface area (Å²) in [6.07, 6.45) is -3.85. The number of rotatable bonds is 3. The van der Waals surface area contributed by atoms with E-state index < -0.39 is 30.6 Å². The van der Waals surface area contributed by atoms with Crippen molar-refractivity contribution in [1.82, 2.24) is 19.5 Å². The fourth-order valence-electron chi connectivity index (χ4n) is 3.71. The average Bonchev–Trinajstić information content (AvgIpc) is 3.29. The molecule has 4 heterocycles. The zero-order chi connectivity index (χ0) is 26.8. The second kappa shape index (κ2) is 9.99. The standard InChI is InChI=1S/C22H18F2N4O2.C2HF3O2/c23-22(24)10-12-27(21(29)16-13-25-28-11-4-3-7-18(16)28)14-19(22)30-20-9-8-15-5-1-2-6-17(15)26-20;3-2(4,5)1(6)7/h1-9,11,13,19H,10,12,14H2;(H,6,7). The van der Waals surface area contributed by atoms with E-state index in [1.807, 2.05) is 18.2 Å². The number of carbonyl (C=O) groups excluding carboxylic acids is 1. The number of benzene rings is 1. The van der Waals surface area contributed by atoms with Crippen molar-refractivity contribution in [1.29, 1.82) is 0 Å². The van der Waals surface area contributed by atoms with Crippen LogP contribution in [0.4, 0.5) is 22.0 Å². The van der Waals surface area contributed by atoms with Crippen LogP contribution in [0, 0.1) is 0 Å². The maximum atomic E-state index is 14.6. The Balaban J connectivity index is 0.000000405. The van der Waals surface area contributed by atoms with Crippen molar-refractivity contribution in [2.75, 3.05) is 13.1 Å². The van der Waals surface area contributed by atoms with Gasteiger partial charge >= 0.3 is 12.1 Å². The van der Waals surface area contributed by atoms with Crippen molar-refractivity contribution in [2.24, 2.45) is 0 Å². The Kier molecular flexibility index (Phi) is 6.96. The van der Waals surface area contributed by atoms with E-state index in [1.165, 1.54) is 11.1 Å². The van der Waals surface area contributed by atoms with E-state index in [2.05, 4.69) is 10.1 Å². The molecule has 0 spiro atoms. The highest BCUT2D eigenvalue weighted by Gasteiger charge is 2.47. The maximum absolute atomic E-state index is 14.6. The number of alkyl halides is 5. The Morgan fingerprint density at radius 1 is 1.05 bits per heavy atom. The van der Waals surface area contributed by atoms with E-state index in [9.17, 15) is 26.7 Å². The van der Waals surface area contributed by atoms with E-state index >= 15 is 0 Å². The first-order chi connectivity index (χ1) is 17.5. The minimum atomic E-state index is -5.08. The van der Waals surface area contributed by atoms with Gasteiger partial charge in [0.25, 0.3) is 11.8 Å². The number of fused-ring (bicyclic) bond motifs is 2. The summed E-state index contributed by atoms with van der Waals surface area (Å²) in [6, 6.07) is 16.1. The molecular weight excluding hydrogens is 503 g/mol. The van der Waals surface area contributed by atoms with Crippen LogP contribution in [0.25, 0.3) is 16.4 Å². The van der Waals surface area contributed by atoms with E-state index in [1.54, 1.807) is 47.1 Å². The van der Waals surface area contributed by atoms with Crippen molar-refractivity contribution in [3.63, 3.8) is 0 Å².